The van der Waals surface area contributed by atoms with Crippen LogP contribution < -0.4 is 0 Å². The molecule has 0 amide bonds. The number of hydrogen-bond acceptors (Lipinski definition) is 3. The van der Waals surface area contributed by atoms with Gasteiger partial charge < -0.3 is 9.84 Å². The molecule has 0 aromatic rings. The zero-order valence-electron chi connectivity index (χ0n) is 16.3. The quantitative estimate of drug-likeness (QED) is 0.578. The molecule has 4 heteroatoms. The lowest BCUT2D eigenvalue weighted by atomic mass is 9.46. The van der Waals surface area contributed by atoms with E-state index in [0.717, 1.165) is 32.1 Å². The van der Waals surface area contributed by atoms with E-state index in [1.54, 1.807) is 0 Å². The van der Waals surface area contributed by atoms with E-state index < -0.39 is 5.97 Å². The van der Waals surface area contributed by atoms with Crippen molar-refractivity contribution in [3.8, 4) is 0 Å². The summed E-state index contributed by atoms with van der Waals surface area (Å²) in [6, 6.07) is 0. The fourth-order valence-electron chi connectivity index (χ4n) is 7.26. The van der Waals surface area contributed by atoms with Crippen LogP contribution in [-0.2, 0) is 14.3 Å². The number of hydrogen-bond donors (Lipinski definition) is 1. The van der Waals surface area contributed by atoms with Gasteiger partial charge in [-0.3, -0.25) is 9.59 Å². The van der Waals surface area contributed by atoms with Gasteiger partial charge >= 0.3 is 11.9 Å². The van der Waals surface area contributed by atoms with Crippen molar-refractivity contribution >= 4 is 11.9 Å². The standard InChI is InChI=1S/C22H32O4/c1-13(23)26-15-8-10-21(2)14(12-15)4-5-16-17-6-7-19(20(24)25)22(17,3)11-9-18(16)21/h6,14-16,18-19H,4-5,7-12H2,1-3H3,(H,24,25)/t14-,15+,16+,18+,19-,21+,22+/m1/s1. The van der Waals surface area contributed by atoms with Gasteiger partial charge in [0.2, 0.25) is 0 Å². The summed E-state index contributed by atoms with van der Waals surface area (Å²) in [6.45, 7) is 6.18. The van der Waals surface area contributed by atoms with Crippen LogP contribution in [0, 0.1) is 34.5 Å². The van der Waals surface area contributed by atoms with Gasteiger partial charge in [0.05, 0.1) is 5.92 Å². The molecule has 26 heavy (non-hydrogen) atoms. The van der Waals surface area contributed by atoms with Crippen molar-refractivity contribution in [2.24, 2.45) is 34.5 Å². The van der Waals surface area contributed by atoms with Crippen LogP contribution in [-0.4, -0.2) is 23.1 Å². The molecule has 4 aliphatic carbocycles. The van der Waals surface area contributed by atoms with Crippen LogP contribution in [0.4, 0.5) is 0 Å². The number of carboxylic acid groups (broad SMARTS) is 1. The van der Waals surface area contributed by atoms with E-state index in [1.807, 2.05) is 0 Å². The zero-order valence-corrected chi connectivity index (χ0v) is 16.3. The van der Waals surface area contributed by atoms with E-state index >= 15 is 0 Å². The van der Waals surface area contributed by atoms with Gasteiger partial charge in [0.25, 0.3) is 0 Å². The Morgan fingerprint density at radius 3 is 2.62 bits per heavy atom. The first-order valence-electron chi connectivity index (χ1n) is 10.4. The molecule has 1 N–H and O–H groups in total. The highest BCUT2D eigenvalue weighted by atomic mass is 16.5. The van der Waals surface area contributed by atoms with Gasteiger partial charge in [-0.2, -0.15) is 0 Å². The molecule has 3 fully saturated rings. The normalized spacial score (nSPS) is 47.2. The number of allylic oxidation sites excluding steroid dienone is 2. The van der Waals surface area contributed by atoms with Crippen LogP contribution in [0.5, 0.6) is 0 Å². The van der Waals surface area contributed by atoms with Gasteiger partial charge in [-0.1, -0.05) is 25.5 Å². The van der Waals surface area contributed by atoms with Crippen molar-refractivity contribution in [3.05, 3.63) is 11.6 Å². The summed E-state index contributed by atoms with van der Waals surface area (Å²) >= 11 is 0. The van der Waals surface area contributed by atoms with Crippen LogP contribution in [0.2, 0.25) is 0 Å². The molecule has 0 saturated heterocycles. The predicted molar refractivity (Wildman–Crippen MR) is 98.4 cm³/mol. The smallest absolute Gasteiger partial charge is 0.307 e. The second-order valence-corrected chi connectivity index (χ2v) is 9.74. The number of carboxylic acids is 1. The molecule has 0 aliphatic heterocycles. The Balaban J connectivity index is 1.56. The SMILES string of the molecule is CC(=O)O[C@H]1CC[C@@]2(C)[C@H](CC[C@H]3C4=CC[C@H](C(=O)O)[C@@]4(C)CC[C@@H]32)C1. The highest BCUT2D eigenvalue weighted by molar-refractivity contribution is 5.73. The Kier molecular flexibility index (Phi) is 4.24. The van der Waals surface area contributed by atoms with Crippen molar-refractivity contribution in [1.82, 2.24) is 0 Å². The number of aliphatic carboxylic acids is 1. The lowest BCUT2D eigenvalue weighted by Crippen LogP contribution is -2.52. The molecule has 0 aromatic heterocycles. The van der Waals surface area contributed by atoms with E-state index in [4.69, 9.17) is 4.74 Å². The van der Waals surface area contributed by atoms with Crippen LogP contribution >= 0.6 is 0 Å². The molecule has 0 radical (unpaired) electrons. The number of ether oxygens (including phenoxy) is 1. The topological polar surface area (TPSA) is 63.6 Å². The van der Waals surface area contributed by atoms with Gasteiger partial charge in [-0.15, -0.1) is 0 Å². The second kappa shape index (κ2) is 6.10. The third-order valence-corrected chi connectivity index (χ3v) is 8.65. The summed E-state index contributed by atoms with van der Waals surface area (Å²) in [4.78, 5) is 23.1. The summed E-state index contributed by atoms with van der Waals surface area (Å²) in [5.41, 5.74) is 1.64. The molecule has 144 valence electrons. The van der Waals surface area contributed by atoms with Gasteiger partial charge in [0, 0.05) is 12.3 Å². The van der Waals surface area contributed by atoms with Crippen molar-refractivity contribution in [2.75, 3.05) is 0 Å². The number of esters is 1. The van der Waals surface area contributed by atoms with Gasteiger partial charge in [0.1, 0.15) is 6.10 Å². The van der Waals surface area contributed by atoms with E-state index in [0.29, 0.717) is 29.6 Å². The second-order valence-electron chi connectivity index (χ2n) is 9.74. The van der Waals surface area contributed by atoms with Crippen molar-refractivity contribution in [2.45, 2.75) is 78.2 Å². The Morgan fingerprint density at radius 1 is 1.15 bits per heavy atom. The summed E-state index contributed by atoms with van der Waals surface area (Å²) in [7, 11) is 0. The number of rotatable bonds is 2. The molecule has 0 bridgehead atoms. The Bertz CT molecular complexity index is 653. The summed E-state index contributed by atoms with van der Waals surface area (Å²) in [5, 5.41) is 9.68. The Hall–Kier alpha value is -1.32. The van der Waals surface area contributed by atoms with Crippen molar-refractivity contribution in [1.29, 1.82) is 0 Å². The number of carbonyl (C=O) groups is 2. The lowest BCUT2D eigenvalue weighted by molar-refractivity contribution is -0.156. The van der Waals surface area contributed by atoms with Crippen molar-refractivity contribution < 1.29 is 19.4 Å². The van der Waals surface area contributed by atoms with Crippen LogP contribution in [0.3, 0.4) is 0 Å². The minimum Gasteiger partial charge on any atom is -0.481 e. The van der Waals surface area contributed by atoms with E-state index in [1.165, 1.54) is 25.3 Å². The summed E-state index contributed by atoms with van der Waals surface area (Å²) in [5.74, 6) is 0.832. The first-order valence-corrected chi connectivity index (χ1v) is 10.4. The van der Waals surface area contributed by atoms with E-state index in [-0.39, 0.29) is 23.4 Å². The predicted octanol–water partition coefficient (Wildman–Crippen LogP) is 4.58. The number of fused-ring (bicyclic) bond motifs is 5. The minimum absolute atomic E-state index is 0.0954. The average molecular weight is 360 g/mol. The molecule has 0 unspecified atom stereocenters. The molecule has 7 atom stereocenters. The number of carbonyl (C=O) groups excluding carboxylic acids is 1. The third kappa shape index (κ3) is 2.55. The van der Waals surface area contributed by atoms with Crippen molar-refractivity contribution in [3.63, 3.8) is 0 Å². The molecule has 3 saturated carbocycles. The van der Waals surface area contributed by atoms with Gasteiger partial charge in [0.15, 0.2) is 0 Å². The fraction of sp³-hybridized carbons (Fsp3) is 0.818. The highest BCUT2D eigenvalue weighted by Gasteiger charge is 2.58. The van der Waals surface area contributed by atoms with Crippen LogP contribution in [0.1, 0.15) is 72.1 Å². The summed E-state index contributed by atoms with van der Waals surface area (Å²) < 4.78 is 5.53. The maximum absolute atomic E-state index is 11.8. The zero-order chi connectivity index (χ0) is 18.7. The maximum Gasteiger partial charge on any atom is 0.307 e. The first-order chi connectivity index (χ1) is 12.3. The molecule has 4 rings (SSSR count). The third-order valence-electron chi connectivity index (χ3n) is 8.65. The van der Waals surface area contributed by atoms with Gasteiger partial charge in [-0.25, -0.2) is 0 Å². The molecule has 4 nitrogen and oxygen atoms in total. The molecule has 0 heterocycles. The van der Waals surface area contributed by atoms with E-state index in [9.17, 15) is 14.7 Å². The molecular weight excluding hydrogens is 328 g/mol. The van der Waals surface area contributed by atoms with Gasteiger partial charge in [-0.05, 0) is 74.5 Å². The minimum atomic E-state index is -0.626. The Morgan fingerprint density at radius 2 is 1.92 bits per heavy atom. The molecule has 4 aliphatic rings. The fourth-order valence-corrected chi connectivity index (χ4v) is 7.26. The average Bonchev–Trinajstić information content (AvgIpc) is 2.92. The molecular formula is C22H32O4. The van der Waals surface area contributed by atoms with Crippen LogP contribution in [0.25, 0.3) is 0 Å². The summed E-state index contributed by atoms with van der Waals surface area (Å²) in [6.07, 6.45) is 10.7. The van der Waals surface area contributed by atoms with Crippen LogP contribution in [0.15, 0.2) is 11.6 Å². The first kappa shape index (κ1) is 18.1. The lowest BCUT2D eigenvalue weighted by Gasteiger charge is -2.59. The Labute approximate surface area is 156 Å². The maximum atomic E-state index is 11.8. The molecule has 0 aromatic carbocycles. The molecule has 0 spiro atoms. The highest BCUT2D eigenvalue weighted by Crippen LogP contribution is 2.65. The monoisotopic (exact) mass is 360 g/mol. The van der Waals surface area contributed by atoms with E-state index in [2.05, 4.69) is 19.9 Å². The largest absolute Gasteiger partial charge is 0.481 e.